The molecule has 10 aromatic carbocycles. The molecule has 0 atom stereocenters. The third kappa shape index (κ3) is 6.53. The Hall–Kier alpha value is -8.47. The minimum absolute atomic E-state index is 0.625. The second kappa shape index (κ2) is 15.2. The van der Waals surface area contributed by atoms with E-state index in [1.807, 2.05) is 0 Å². The highest BCUT2D eigenvalue weighted by Crippen LogP contribution is 2.35. The van der Waals surface area contributed by atoms with E-state index in [4.69, 9.17) is 15.0 Å². The van der Waals surface area contributed by atoms with Crippen LogP contribution in [-0.2, 0) is 0 Å². The summed E-state index contributed by atoms with van der Waals surface area (Å²) in [6.45, 7) is 0. The lowest BCUT2D eigenvalue weighted by Crippen LogP contribution is -2.00. The second-order valence-electron chi connectivity index (χ2n) is 16.0. The first-order chi connectivity index (χ1) is 31.2. The van der Waals surface area contributed by atoms with Crippen molar-refractivity contribution in [1.82, 2.24) is 19.5 Å². The first kappa shape index (κ1) is 36.4. The first-order valence-electron chi connectivity index (χ1n) is 21.3. The molecule has 2 heterocycles. The largest absolute Gasteiger partial charge is 0.309 e. The van der Waals surface area contributed by atoms with Crippen molar-refractivity contribution < 1.29 is 0 Å². The Morgan fingerprint density at radius 2 is 0.556 bits per heavy atom. The monoisotopic (exact) mass is 802 g/mol. The molecule has 0 N–H and O–H groups in total. The summed E-state index contributed by atoms with van der Waals surface area (Å²) in [5, 5.41) is 7.42. The van der Waals surface area contributed by atoms with Gasteiger partial charge < -0.3 is 4.57 Å². The highest BCUT2D eigenvalue weighted by Gasteiger charge is 2.16. The fourth-order valence-electron chi connectivity index (χ4n) is 9.13. The third-order valence-corrected chi connectivity index (χ3v) is 12.3. The highest BCUT2D eigenvalue weighted by molar-refractivity contribution is 6.09. The van der Waals surface area contributed by atoms with Gasteiger partial charge in [0.15, 0.2) is 17.5 Å². The summed E-state index contributed by atoms with van der Waals surface area (Å²) in [5.41, 5.74) is 13.3. The molecule has 0 saturated heterocycles. The predicted octanol–water partition coefficient (Wildman–Crippen LogP) is 15.3. The number of benzene rings is 10. The molecule has 0 fully saturated rings. The van der Waals surface area contributed by atoms with Gasteiger partial charge in [-0.1, -0.05) is 206 Å². The Kier molecular flexibility index (Phi) is 8.79. The molecule has 0 aliphatic rings. The number of nitrogens with zero attached hydrogens (tertiary/aromatic N) is 4. The van der Waals surface area contributed by atoms with Gasteiger partial charge in [-0.3, -0.25) is 0 Å². The van der Waals surface area contributed by atoms with Gasteiger partial charge in [0.05, 0.1) is 11.0 Å². The third-order valence-electron chi connectivity index (χ3n) is 12.3. The molecular weight excluding hydrogens is 765 g/mol. The normalized spacial score (nSPS) is 11.5. The van der Waals surface area contributed by atoms with Gasteiger partial charge in [0.1, 0.15) is 0 Å². The fourth-order valence-corrected chi connectivity index (χ4v) is 9.13. The minimum atomic E-state index is 0.625. The summed E-state index contributed by atoms with van der Waals surface area (Å²) < 4.78 is 2.35. The lowest BCUT2D eigenvalue weighted by Gasteiger charge is -2.12. The van der Waals surface area contributed by atoms with E-state index in [0.29, 0.717) is 17.5 Å². The molecule has 12 aromatic rings. The Bertz CT molecular complexity index is 3440. The van der Waals surface area contributed by atoms with E-state index in [-0.39, 0.29) is 0 Å². The molecule has 0 radical (unpaired) electrons. The van der Waals surface area contributed by atoms with Crippen molar-refractivity contribution in [2.24, 2.45) is 0 Å². The van der Waals surface area contributed by atoms with Crippen LogP contribution in [0.25, 0.3) is 117 Å². The number of para-hydroxylation sites is 2. The number of hydrogen-bond donors (Lipinski definition) is 0. The van der Waals surface area contributed by atoms with E-state index in [9.17, 15) is 0 Å². The average Bonchev–Trinajstić information content (AvgIpc) is 3.70. The molecule has 4 heteroatoms. The van der Waals surface area contributed by atoms with Gasteiger partial charge in [0.25, 0.3) is 0 Å². The van der Waals surface area contributed by atoms with E-state index in [1.165, 1.54) is 54.5 Å². The van der Waals surface area contributed by atoms with Gasteiger partial charge in [-0.15, -0.1) is 0 Å². The highest BCUT2D eigenvalue weighted by atomic mass is 15.0. The van der Waals surface area contributed by atoms with E-state index in [0.717, 1.165) is 44.6 Å². The van der Waals surface area contributed by atoms with Crippen LogP contribution in [0.4, 0.5) is 0 Å². The summed E-state index contributed by atoms with van der Waals surface area (Å²) in [4.78, 5) is 15.3. The summed E-state index contributed by atoms with van der Waals surface area (Å²) in [6, 6.07) is 81.7. The molecule has 63 heavy (non-hydrogen) atoms. The van der Waals surface area contributed by atoms with Crippen molar-refractivity contribution in [2.45, 2.75) is 0 Å². The standard InChI is InChI=1S/C59H38N4/c1-3-15-49-41(11-1)13-9-19-51(49)43-25-31-46(32-26-43)58-60-57(61-59(62-58)47-33-27-44(28-34-47)52-20-10-14-42-12-2-4-16-50(42)52)45-29-23-39(24-30-45)40-35-37-48(38-36-40)63-55-21-7-5-17-53(55)54-18-6-8-22-56(54)63/h1-38H. The lowest BCUT2D eigenvalue weighted by atomic mass is 9.97. The summed E-state index contributed by atoms with van der Waals surface area (Å²) >= 11 is 0. The van der Waals surface area contributed by atoms with Crippen molar-refractivity contribution >= 4 is 43.4 Å². The Balaban J connectivity index is 0.902. The van der Waals surface area contributed by atoms with Crippen molar-refractivity contribution in [3.8, 4) is 73.2 Å². The molecule has 0 unspecified atom stereocenters. The van der Waals surface area contributed by atoms with Crippen molar-refractivity contribution in [3.63, 3.8) is 0 Å². The zero-order valence-corrected chi connectivity index (χ0v) is 34.2. The second-order valence-corrected chi connectivity index (χ2v) is 16.0. The maximum atomic E-state index is 5.12. The van der Waals surface area contributed by atoms with Crippen LogP contribution in [0, 0.1) is 0 Å². The van der Waals surface area contributed by atoms with Gasteiger partial charge in [-0.25, -0.2) is 15.0 Å². The molecule has 0 aliphatic heterocycles. The van der Waals surface area contributed by atoms with Crippen LogP contribution >= 0.6 is 0 Å². The zero-order chi connectivity index (χ0) is 41.7. The van der Waals surface area contributed by atoms with Gasteiger partial charge in [-0.2, -0.15) is 0 Å². The Morgan fingerprint density at radius 1 is 0.238 bits per heavy atom. The van der Waals surface area contributed by atoms with Crippen LogP contribution < -0.4 is 0 Å². The summed E-state index contributed by atoms with van der Waals surface area (Å²) in [7, 11) is 0. The predicted molar refractivity (Wildman–Crippen MR) is 262 cm³/mol. The summed E-state index contributed by atoms with van der Waals surface area (Å²) in [6.07, 6.45) is 0. The fraction of sp³-hybridized carbons (Fsp3) is 0. The van der Waals surface area contributed by atoms with Crippen molar-refractivity contribution in [1.29, 1.82) is 0 Å². The van der Waals surface area contributed by atoms with Gasteiger partial charge in [0, 0.05) is 33.2 Å². The maximum absolute atomic E-state index is 5.12. The molecule has 294 valence electrons. The first-order valence-corrected chi connectivity index (χ1v) is 21.3. The van der Waals surface area contributed by atoms with E-state index in [2.05, 4.69) is 235 Å². The van der Waals surface area contributed by atoms with Crippen LogP contribution in [-0.4, -0.2) is 19.5 Å². The van der Waals surface area contributed by atoms with E-state index >= 15 is 0 Å². The SMILES string of the molecule is c1ccc2c(-c3ccc(-c4nc(-c5ccc(-c6ccc(-n7c8ccccc8c8ccccc87)cc6)cc5)nc(-c5ccc(-c6cccc7ccccc67)cc5)n4)cc3)cccc2c1. The smallest absolute Gasteiger partial charge is 0.164 e. The molecule has 0 amide bonds. The molecule has 0 spiro atoms. The van der Waals surface area contributed by atoms with E-state index in [1.54, 1.807) is 0 Å². The molecule has 12 rings (SSSR count). The molecule has 0 saturated carbocycles. The van der Waals surface area contributed by atoms with Crippen LogP contribution in [0.2, 0.25) is 0 Å². The molecular formula is C59H38N4. The molecule has 0 aliphatic carbocycles. The molecule has 2 aromatic heterocycles. The van der Waals surface area contributed by atoms with Crippen molar-refractivity contribution in [2.75, 3.05) is 0 Å². The Morgan fingerprint density at radius 3 is 0.984 bits per heavy atom. The van der Waals surface area contributed by atoms with Gasteiger partial charge >= 0.3 is 0 Å². The zero-order valence-electron chi connectivity index (χ0n) is 34.2. The van der Waals surface area contributed by atoms with Gasteiger partial charge in [0.2, 0.25) is 0 Å². The lowest BCUT2D eigenvalue weighted by molar-refractivity contribution is 1.07. The summed E-state index contributed by atoms with van der Waals surface area (Å²) in [5.74, 6) is 1.88. The number of hydrogen-bond acceptors (Lipinski definition) is 3. The van der Waals surface area contributed by atoms with Crippen LogP contribution in [0.3, 0.4) is 0 Å². The van der Waals surface area contributed by atoms with Gasteiger partial charge in [-0.05, 0) is 79.2 Å². The maximum Gasteiger partial charge on any atom is 0.164 e. The molecule has 0 bridgehead atoms. The van der Waals surface area contributed by atoms with Crippen LogP contribution in [0.1, 0.15) is 0 Å². The topological polar surface area (TPSA) is 43.6 Å². The molecule has 4 nitrogen and oxygen atoms in total. The van der Waals surface area contributed by atoms with Crippen molar-refractivity contribution in [3.05, 3.63) is 231 Å². The van der Waals surface area contributed by atoms with E-state index < -0.39 is 0 Å². The Labute approximate surface area is 365 Å². The van der Waals surface area contributed by atoms with Crippen LogP contribution in [0.15, 0.2) is 231 Å². The number of aromatic nitrogens is 4. The quantitative estimate of drug-likeness (QED) is 0.161. The minimum Gasteiger partial charge on any atom is -0.309 e. The number of rotatable bonds is 7. The average molecular weight is 803 g/mol. The number of fused-ring (bicyclic) bond motifs is 5. The van der Waals surface area contributed by atoms with Crippen LogP contribution in [0.5, 0.6) is 0 Å².